The number of benzene rings is 2. The van der Waals surface area contributed by atoms with Gasteiger partial charge in [-0.05, 0) is 54.6 Å². The molecule has 2 aromatic heterocycles. The lowest BCUT2D eigenvalue weighted by Gasteiger charge is -2.29. The Morgan fingerprint density at radius 3 is 2.54 bits per heavy atom. The predicted molar refractivity (Wildman–Crippen MR) is 134 cm³/mol. The first-order chi connectivity index (χ1) is 17.8. The Balaban J connectivity index is 1.38. The molecule has 188 valence electrons. The summed E-state index contributed by atoms with van der Waals surface area (Å²) in [6.07, 6.45) is 2.64. The molecule has 0 atom stereocenters. The van der Waals surface area contributed by atoms with Gasteiger partial charge in [0.25, 0.3) is 5.91 Å². The summed E-state index contributed by atoms with van der Waals surface area (Å²) in [6.45, 7) is 0.153. The minimum Gasteiger partial charge on any atom is -0.482 e. The van der Waals surface area contributed by atoms with Gasteiger partial charge in [-0.1, -0.05) is 6.07 Å². The monoisotopic (exact) mass is 521 g/mol. The smallest absolute Gasteiger partial charge is 0.265 e. The maximum atomic E-state index is 14.6. The number of amides is 1. The zero-order chi connectivity index (χ0) is 26.0. The van der Waals surface area contributed by atoms with Gasteiger partial charge in [-0.3, -0.25) is 14.7 Å². The maximum Gasteiger partial charge on any atom is 0.265 e. The van der Waals surface area contributed by atoms with Gasteiger partial charge in [0.2, 0.25) is 16.0 Å². The summed E-state index contributed by atoms with van der Waals surface area (Å²) in [5.41, 5.74) is 2.15. The predicted octanol–water partition coefficient (Wildman–Crippen LogP) is 3.07. The molecule has 0 unspecified atom stereocenters. The molecule has 2 aromatic carbocycles. The number of sulfonamides is 1. The van der Waals surface area contributed by atoms with Crippen molar-refractivity contribution in [3.05, 3.63) is 84.6 Å². The molecule has 0 radical (unpaired) electrons. The Morgan fingerprint density at radius 2 is 1.81 bits per heavy atom. The first-order valence-electron chi connectivity index (χ1n) is 10.9. The Bertz CT molecular complexity index is 1570. The van der Waals surface area contributed by atoms with Gasteiger partial charge in [-0.2, -0.15) is 4.98 Å². The number of carbonyl (C=O) groups excluding carboxylic acids is 1. The summed E-state index contributed by atoms with van der Waals surface area (Å²) in [5.74, 6) is -0.470. The number of nitrogens with two attached hydrogens (primary N) is 1. The van der Waals surface area contributed by atoms with Crippen molar-refractivity contribution in [3.63, 3.8) is 0 Å². The number of primary sulfonamides is 1. The number of carbonyl (C=O) groups is 1. The highest BCUT2D eigenvalue weighted by Crippen LogP contribution is 2.36. The Kier molecular flexibility index (Phi) is 6.38. The SMILES string of the molecule is NS(=O)(=O)c1ccc(Nc2ncc(F)c(Nc3ccc4c(c3)N(Cc3ccccn3)C(=O)CO4)n2)cc1. The van der Waals surface area contributed by atoms with E-state index in [0.717, 1.165) is 6.20 Å². The van der Waals surface area contributed by atoms with Crippen LogP contribution >= 0.6 is 0 Å². The lowest BCUT2D eigenvalue weighted by Crippen LogP contribution is -2.38. The molecule has 0 aliphatic carbocycles. The molecule has 0 spiro atoms. The van der Waals surface area contributed by atoms with Crippen LogP contribution in [0, 0.1) is 5.82 Å². The average molecular weight is 522 g/mol. The van der Waals surface area contributed by atoms with Gasteiger partial charge in [0.1, 0.15) is 5.75 Å². The van der Waals surface area contributed by atoms with Crippen molar-refractivity contribution in [1.29, 1.82) is 0 Å². The molecule has 0 saturated carbocycles. The van der Waals surface area contributed by atoms with Gasteiger partial charge in [-0.15, -0.1) is 0 Å². The number of ether oxygens (including phenoxy) is 1. The van der Waals surface area contributed by atoms with Gasteiger partial charge >= 0.3 is 0 Å². The van der Waals surface area contributed by atoms with E-state index >= 15 is 0 Å². The molecular weight excluding hydrogens is 501 g/mol. The van der Waals surface area contributed by atoms with Crippen LogP contribution in [0.4, 0.5) is 33.2 Å². The zero-order valence-corrected chi connectivity index (χ0v) is 19.9. The van der Waals surface area contributed by atoms with Crippen LogP contribution in [0.5, 0.6) is 5.75 Å². The van der Waals surface area contributed by atoms with Crippen LogP contribution < -0.4 is 25.4 Å². The molecule has 1 aliphatic rings. The van der Waals surface area contributed by atoms with E-state index in [1.54, 1.807) is 35.4 Å². The van der Waals surface area contributed by atoms with Crippen molar-refractivity contribution < 1.29 is 22.3 Å². The minimum atomic E-state index is -3.83. The third kappa shape index (κ3) is 5.47. The maximum absolute atomic E-state index is 14.6. The van der Waals surface area contributed by atoms with Gasteiger partial charge < -0.3 is 15.4 Å². The highest BCUT2D eigenvalue weighted by atomic mass is 32.2. The number of hydrogen-bond acceptors (Lipinski definition) is 9. The van der Waals surface area contributed by atoms with Gasteiger partial charge in [-0.25, -0.2) is 22.9 Å². The van der Waals surface area contributed by atoms with Gasteiger partial charge in [0.05, 0.1) is 29.0 Å². The number of halogens is 1. The number of hydrogen-bond donors (Lipinski definition) is 3. The molecule has 13 heteroatoms. The molecule has 3 heterocycles. The number of nitrogens with one attached hydrogen (secondary N) is 2. The topological polar surface area (TPSA) is 152 Å². The van der Waals surface area contributed by atoms with Crippen LogP contribution in [-0.2, 0) is 21.4 Å². The molecule has 0 fully saturated rings. The lowest BCUT2D eigenvalue weighted by molar-refractivity contribution is -0.121. The van der Waals surface area contributed by atoms with Crippen LogP contribution in [0.1, 0.15) is 5.69 Å². The quantitative estimate of drug-likeness (QED) is 0.333. The number of aromatic nitrogens is 3. The normalized spacial score (nSPS) is 13.0. The molecule has 0 saturated heterocycles. The lowest BCUT2D eigenvalue weighted by atomic mass is 10.2. The third-order valence-electron chi connectivity index (χ3n) is 5.39. The first kappa shape index (κ1) is 24.1. The van der Waals surface area contributed by atoms with Crippen molar-refractivity contribution in [2.45, 2.75) is 11.4 Å². The molecule has 4 aromatic rings. The van der Waals surface area contributed by atoms with Crippen LogP contribution in [0.2, 0.25) is 0 Å². The van der Waals surface area contributed by atoms with Crippen LogP contribution in [0.25, 0.3) is 0 Å². The average Bonchev–Trinajstić information content (AvgIpc) is 2.88. The first-order valence-corrected chi connectivity index (χ1v) is 12.5. The van der Waals surface area contributed by atoms with E-state index in [2.05, 4.69) is 25.6 Å². The van der Waals surface area contributed by atoms with Crippen LogP contribution in [0.15, 0.2) is 78.0 Å². The molecule has 1 amide bonds. The van der Waals surface area contributed by atoms with Crippen molar-refractivity contribution in [3.8, 4) is 5.75 Å². The fraction of sp³-hybridized carbons (Fsp3) is 0.0833. The summed E-state index contributed by atoms with van der Waals surface area (Å²) >= 11 is 0. The zero-order valence-electron chi connectivity index (χ0n) is 19.1. The number of anilines is 5. The standard InChI is InChI=1S/C24H20FN7O4S/c25-19-12-28-24(30-15-4-7-18(8-5-15)37(26,34)35)31-23(19)29-16-6-9-21-20(11-16)32(22(33)14-36-21)13-17-3-1-2-10-27-17/h1-12H,13-14H2,(H2,26,34,35)(H2,28,29,30,31). The molecule has 5 rings (SSSR count). The number of fused-ring (bicyclic) bond motifs is 1. The Morgan fingerprint density at radius 1 is 1.03 bits per heavy atom. The Labute approximate surface area is 211 Å². The van der Waals surface area contributed by atoms with Crippen molar-refractivity contribution in [2.24, 2.45) is 5.14 Å². The van der Waals surface area contributed by atoms with E-state index in [9.17, 15) is 17.6 Å². The highest BCUT2D eigenvalue weighted by Gasteiger charge is 2.26. The number of nitrogens with zero attached hydrogens (tertiary/aromatic N) is 4. The number of rotatable bonds is 7. The van der Waals surface area contributed by atoms with E-state index in [0.29, 0.717) is 28.5 Å². The number of pyridine rings is 1. The van der Waals surface area contributed by atoms with E-state index < -0.39 is 15.8 Å². The minimum absolute atomic E-state index is 0.0487. The fourth-order valence-electron chi connectivity index (χ4n) is 3.62. The van der Waals surface area contributed by atoms with E-state index in [1.807, 2.05) is 12.1 Å². The second kappa shape index (κ2) is 9.79. The molecule has 11 nitrogen and oxygen atoms in total. The highest BCUT2D eigenvalue weighted by molar-refractivity contribution is 7.89. The van der Waals surface area contributed by atoms with E-state index in [4.69, 9.17) is 9.88 Å². The summed E-state index contributed by atoms with van der Waals surface area (Å²) in [5, 5.41) is 10.9. The van der Waals surface area contributed by atoms with E-state index in [1.165, 1.54) is 24.3 Å². The molecule has 1 aliphatic heterocycles. The second-order valence-electron chi connectivity index (χ2n) is 7.98. The van der Waals surface area contributed by atoms with Crippen LogP contribution in [-0.4, -0.2) is 35.9 Å². The van der Waals surface area contributed by atoms with Gasteiger partial charge in [0, 0.05) is 17.6 Å². The summed E-state index contributed by atoms with van der Waals surface area (Å²) < 4.78 is 43.0. The molecule has 37 heavy (non-hydrogen) atoms. The molecule has 4 N–H and O–H groups in total. The summed E-state index contributed by atoms with van der Waals surface area (Å²) in [6, 6.07) is 16.1. The fourth-order valence-corrected chi connectivity index (χ4v) is 4.13. The van der Waals surface area contributed by atoms with Crippen molar-refractivity contribution in [1.82, 2.24) is 15.0 Å². The molecule has 0 bridgehead atoms. The Hall–Kier alpha value is -4.62. The van der Waals surface area contributed by atoms with E-state index in [-0.39, 0.29) is 35.7 Å². The molecular formula is C24H20FN7O4S. The second-order valence-corrected chi connectivity index (χ2v) is 9.54. The van der Waals surface area contributed by atoms with Gasteiger partial charge in [0.15, 0.2) is 18.2 Å². The summed E-state index contributed by atoms with van der Waals surface area (Å²) in [4.78, 5) is 26.5. The van der Waals surface area contributed by atoms with Crippen molar-refractivity contribution in [2.75, 3.05) is 22.1 Å². The largest absolute Gasteiger partial charge is 0.482 e. The van der Waals surface area contributed by atoms with Crippen molar-refractivity contribution >= 4 is 44.8 Å². The summed E-state index contributed by atoms with van der Waals surface area (Å²) in [7, 11) is -3.83. The third-order valence-corrected chi connectivity index (χ3v) is 6.32. The van der Waals surface area contributed by atoms with Crippen LogP contribution in [0.3, 0.4) is 0 Å².